The van der Waals surface area contributed by atoms with E-state index >= 15 is 0 Å². The standard InChI is InChI=1S/C14H9NO4/c16-7-19-9-2-4-13-11(6-9)10-5-8(14(17)18)1-3-12(10)15-13/h1-7,15H,(H,17,18). The molecule has 2 aromatic carbocycles. The van der Waals surface area contributed by atoms with E-state index in [0.717, 1.165) is 21.8 Å². The third-order valence-corrected chi connectivity index (χ3v) is 3.00. The van der Waals surface area contributed by atoms with Gasteiger partial charge in [-0.1, -0.05) is 0 Å². The number of aromatic amines is 1. The van der Waals surface area contributed by atoms with Crippen LogP contribution in [0.15, 0.2) is 36.4 Å². The first-order chi connectivity index (χ1) is 9.19. The molecule has 0 unspecified atom stereocenters. The van der Waals surface area contributed by atoms with E-state index in [4.69, 9.17) is 9.84 Å². The Hall–Kier alpha value is -2.82. The molecule has 5 nitrogen and oxygen atoms in total. The minimum absolute atomic E-state index is 0.218. The summed E-state index contributed by atoms with van der Waals surface area (Å²) in [6.45, 7) is 0.360. The second-order valence-electron chi connectivity index (χ2n) is 4.11. The van der Waals surface area contributed by atoms with E-state index in [9.17, 15) is 9.59 Å². The highest BCUT2D eigenvalue weighted by molar-refractivity contribution is 6.09. The van der Waals surface area contributed by atoms with Crippen molar-refractivity contribution in [2.75, 3.05) is 0 Å². The fourth-order valence-electron chi connectivity index (χ4n) is 2.14. The number of nitrogens with one attached hydrogen (secondary N) is 1. The maximum atomic E-state index is 11.0. The van der Waals surface area contributed by atoms with E-state index < -0.39 is 5.97 Å². The lowest BCUT2D eigenvalue weighted by Crippen LogP contribution is -1.94. The number of hydrogen-bond acceptors (Lipinski definition) is 3. The Morgan fingerprint density at radius 2 is 1.79 bits per heavy atom. The Bertz CT molecular complexity index is 804. The smallest absolute Gasteiger partial charge is 0.335 e. The second-order valence-corrected chi connectivity index (χ2v) is 4.11. The van der Waals surface area contributed by atoms with Crippen LogP contribution in [-0.2, 0) is 4.79 Å². The van der Waals surface area contributed by atoms with Crippen LogP contribution in [0.5, 0.6) is 5.75 Å². The summed E-state index contributed by atoms with van der Waals surface area (Å²) in [5.41, 5.74) is 1.91. The van der Waals surface area contributed by atoms with Gasteiger partial charge in [-0.15, -0.1) is 0 Å². The van der Waals surface area contributed by atoms with Gasteiger partial charge < -0.3 is 14.8 Å². The zero-order valence-electron chi connectivity index (χ0n) is 9.71. The monoisotopic (exact) mass is 255 g/mol. The molecule has 19 heavy (non-hydrogen) atoms. The molecule has 1 aromatic heterocycles. The number of carbonyl (C=O) groups excluding carboxylic acids is 1. The topological polar surface area (TPSA) is 79.4 Å². The van der Waals surface area contributed by atoms with Crippen molar-refractivity contribution >= 4 is 34.2 Å². The number of aromatic carboxylic acids is 1. The molecule has 0 aliphatic rings. The number of rotatable bonds is 3. The van der Waals surface area contributed by atoms with Crippen LogP contribution in [0, 0.1) is 0 Å². The first-order valence-corrected chi connectivity index (χ1v) is 5.58. The van der Waals surface area contributed by atoms with Gasteiger partial charge >= 0.3 is 5.97 Å². The maximum absolute atomic E-state index is 11.0. The number of carboxylic acids is 1. The number of aromatic nitrogens is 1. The van der Waals surface area contributed by atoms with Crippen LogP contribution >= 0.6 is 0 Å². The first-order valence-electron chi connectivity index (χ1n) is 5.58. The van der Waals surface area contributed by atoms with Gasteiger partial charge in [0.15, 0.2) is 0 Å². The van der Waals surface area contributed by atoms with Crippen LogP contribution in [-0.4, -0.2) is 22.5 Å². The molecule has 3 aromatic rings. The third-order valence-electron chi connectivity index (χ3n) is 3.00. The molecule has 0 saturated heterocycles. The van der Waals surface area contributed by atoms with Gasteiger partial charge in [0, 0.05) is 21.8 Å². The second kappa shape index (κ2) is 4.13. The third kappa shape index (κ3) is 1.81. The fourth-order valence-corrected chi connectivity index (χ4v) is 2.14. The van der Waals surface area contributed by atoms with E-state index in [0.29, 0.717) is 12.2 Å². The minimum atomic E-state index is -0.975. The molecule has 0 radical (unpaired) electrons. The fraction of sp³-hybridized carbons (Fsp3) is 0. The molecule has 3 rings (SSSR count). The highest BCUT2D eigenvalue weighted by Gasteiger charge is 2.09. The molecular formula is C14H9NO4. The number of benzene rings is 2. The summed E-state index contributed by atoms with van der Waals surface area (Å²) in [5.74, 6) is -0.555. The molecule has 0 atom stereocenters. The van der Waals surface area contributed by atoms with Crippen LogP contribution in [0.1, 0.15) is 10.4 Å². The number of hydrogen-bond donors (Lipinski definition) is 2. The first kappa shape index (κ1) is 11.3. The molecule has 0 fully saturated rings. The molecule has 0 saturated carbocycles. The van der Waals surface area contributed by atoms with Crippen molar-refractivity contribution in [3.63, 3.8) is 0 Å². The quantitative estimate of drug-likeness (QED) is 0.705. The number of carbonyl (C=O) groups is 2. The van der Waals surface area contributed by atoms with Crippen LogP contribution < -0.4 is 4.74 Å². The van der Waals surface area contributed by atoms with Crippen molar-refractivity contribution in [2.45, 2.75) is 0 Å². The Morgan fingerprint density at radius 3 is 2.47 bits per heavy atom. The SMILES string of the molecule is O=COc1ccc2[nH]c3ccc(C(=O)O)cc3c2c1. The molecule has 2 N–H and O–H groups in total. The lowest BCUT2D eigenvalue weighted by molar-refractivity contribution is -0.120. The van der Waals surface area contributed by atoms with Crippen molar-refractivity contribution in [3.8, 4) is 5.75 Å². The van der Waals surface area contributed by atoms with Crippen LogP contribution in [0.2, 0.25) is 0 Å². The van der Waals surface area contributed by atoms with Gasteiger partial charge in [-0.2, -0.15) is 0 Å². The summed E-state index contributed by atoms with van der Waals surface area (Å²) in [5, 5.41) is 10.6. The van der Waals surface area contributed by atoms with Gasteiger partial charge in [0.1, 0.15) is 5.75 Å². The van der Waals surface area contributed by atoms with E-state index in [1.54, 1.807) is 36.4 Å². The number of fused-ring (bicyclic) bond motifs is 3. The Balaban J connectivity index is 2.31. The molecular weight excluding hydrogens is 246 g/mol. The molecule has 0 spiro atoms. The summed E-state index contributed by atoms with van der Waals surface area (Å²) >= 11 is 0. The van der Waals surface area contributed by atoms with E-state index in [1.165, 1.54) is 0 Å². The molecule has 0 aliphatic heterocycles. The maximum Gasteiger partial charge on any atom is 0.335 e. The normalized spacial score (nSPS) is 10.7. The largest absolute Gasteiger partial charge is 0.478 e. The average Bonchev–Trinajstić information content (AvgIpc) is 2.76. The lowest BCUT2D eigenvalue weighted by Gasteiger charge is -1.98. The van der Waals surface area contributed by atoms with Crippen molar-refractivity contribution < 1.29 is 19.4 Å². The predicted octanol–water partition coefficient (Wildman–Crippen LogP) is 2.55. The lowest BCUT2D eigenvalue weighted by atomic mass is 10.1. The van der Waals surface area contributed by atoms with Gasteiger partial charge in [0.2, 0.25) is 0 Å². The molecule has 94 valence electrons. The van der Waals surface area contributed by atoms with Crippen molar-refractivity contribution in [3.05, 3.63) is 42.0 Å². The zero-order valence-corrected chi connectivity index (χ0v) is 9.71. The van der Waals surface area contributed by atoms with Crippen LogP contribution in [0.4, 0.5) is 0 Å². The predicted molar refractivity (Wildman–Crippen MR) is 69.5 cm³/mol. The van der Waals surface area contributed by atoms with E-state index in [1.807, 2.05) is 0 Å². The molecule has 0 aliphatic carbocycles. The highest BCUT2D eigenvalue weighted by Crippen LogP contribution is 2.29. The number of carboxylic acid groups (broad SMARTS) is 1. The summed E-state index contributed by atoms with van der Waals surface area (Å²) in [4.78, 5) is 24.5. The Morgan fingerprint density at radius 1 is 1.11 bits per heavy atom. The molecule has 0 amide bonds. The van der Waals surface area contributed by atoms with Gasteiger partial charge in [-0.3, -0.25) is 4.79 Å². The van der Waals surface area contributed by atoms with Crippen molar-refractivity contribution in [1.29, 1.82) is 0 Å². The van der Waals surface area contributed by atoms with Gasteiger partial charge in [-0.05, 0) is 36.4 Å². The highest BCUT2D eigenvalue weighted by atomic mass is 16.5. The molecule has 1 heterocycles. The van der Waals surface area contributed by atoms with Crippen LogP contribution in [0.25, 0.3) is 21.8 Å². The van der Waals surface area contributed by atoms with E-state index in [2.05, 4.69) is 4.98 Å². The van der Waals surface area contributed by atoms with Crippen molar-refractivity contribution in [1.82, 2.24) is 4.98 Å². The van der Waals surface area contributed by atoms with Crippen molar-refractivity contribution in [2.24, 2.45) is 0 Å². The zero-order chi connectivity index (χ0) is 13.4. The number of H-pyrrole nitrogens is 1. The van der Waals surface area contributed by atoms with Gasteiger partial charge in [0.05, 0.1) is 5.56 Å². The van der Waals surface area contributed by atoms with Crippen LogP contribution in [0.3, 0.4) is 0 Å². The molecule has 5 heteroatoms. The van der Waals surface area contributed by atoms with Gasteiger partial charge in [0.25, 0.3) is 6.47 Å². The Kier molecular flexibility index (Phi) is 2.45. The minimum Gasteiger partial charge on any atom is -0.478 e. The summed E-state index contributed by atoms with van der Waals surface area (Å²) in [7, 11) is 0. The summed E-state index contributed by atoms with van der Waals surface area (Å²) in [6.07, 6.45) is 0. The van der Waals surface area contributed by atoms with Gasteiger partial charge in [-0.25, -0.2) is 4.79 Å². The average molecular weight is 255 g/mol. The summed E-state index contributed by atoms with van der Waals surface area (Å²) < 4.78 is 4.80. The molecule has 0 bridgehead atoms. The Labute approximate surface area is 107 Å². The van der Waals surface area contributed by atoms with E-state index in [-0.39, 0.29) is 5.56 Å². The summed E-state index contributed by atoms with van der Waals surface area (Å²) in [6, 6.07) is 10.0. The number of ether oxygens (including phenoxy) is 1.